The van der Waals surface area contributed by atoms with Gasteiger partial charge in [-0.15, -0.1) is 10.2 Å². The third-order valence-electron chi connectivity index (χ3n) is 2.69. The zero-order valence-electron chi connectivity index (χ0n) is 11.7. The Balaban J connectivity index is 1.76. The van der Waals surface area contributed by atoms with Crippen LogP contribution < -0.4 is 14.8 Å². The molecule has 1 N–H and O–H groups in total. The van der Waals surface area contributed by atoms with Gasteiger partial charge in [-0.1, -0.05) is 0 Å². The summed E-state index contributed by atoms with van der Waals surface area (Å²) >= 11 is 0. The van der Waals surface area contributed by atoms with Crippen molar-refractivity contribution < 1.29 is 22.6 Å². The second-order valence-corrected chi connectivity index (χ2v) is 4.25. The van der Waals surface area contributed by atoms with E-state index >= 15 is 0 Å². The van der Waals surface area contributed by atoms with E-state index < -0.39 is 11.9 Å². The van der Waals surface area contributed by atoms with Crippen LogP contribution in [0.2, 0.25) is 0 Å². The molecule has 0 aliphatic heterocycles. The SMILES string of the molecule is COc1ccc(OCCNc2ccc(C(F)(F)F)nn2)cc1. The number of methoxy groups -OCH3 is 1. The highest BCUT2D eigenvalue weighted by molar-refractivity contribution is 5.33. The summed E-state index contributed by atoms with van der Waals surface area (Å²) in [4.78, 5) is 0. The van der Waals surface area contributed by atoms with Crippen LogP contribution in [-0.4, -0.2) is 30.5 Å². The summed E-state index contributed by atoms with van der Waals surface area (Å²) in [5, 5.41) is 9.40. The quantitative estimate of drug-likeness (QED) is 0.831. The van der Waals surface area contributed by atoms with Gasteiger partial charge in [0.2, 0.25) is 0 Å². The van der Waals surface area contributed by atoms with Gasteiger partial charge in [0.25, 0.3) is 0 Å². The van der Waals surface area contributed by atoms with Crippen molar-refractivity contribution >= 4 is 5.82 Å². The average Bonchev–Trinajstić information content (AvgIpc) is 2.52. The number of benzene rings is 1. The number of aromatic nitrogens is 2. The fraction of sp³-hybridized carbons (Fsp3) is 0.286. The largest absolute Gasteiger partial charge is 0.497 e. The van der Waals surface area contributed by atoms with Gasteiger partial charge in [0.15, 0.2) is 5.69 Å². The Morgan fingerprint density at radius 2 is 1.68 bits per heavy atom. The number of rotatable bonds is 6. The molecule has 1 aromatic carbocycles. The predicted molar refractivity (Wildman–Crippen MR) is 74.0 cm³/mol. The third-order valence-corrected chi connectivity index (χ3v) is 2.69. The van der Waals surface area contributed by atoms with Crippen LogP contribution >= 0.6 is 0 Å². The fourth-order valence-corrected chi connectivity index (χ4v) is 1.60. The summed E-state index contributed by atoms with van der Waals surface area (Å²) in [6, 6.07) is 9.16. The summed E-state index contributed by atoms with van der Waals surface area (Å²) in [6.07, 6.45) is -4.48. The summed E-state index contributed by atoms with van der Waals surface area (Å²) in [5.41, 5.74) is -1.02. The predicted octanol–water partition coefficient (Wildman–Crippen LogP) is 2.99. The van der Waals surface area contributed by atoms with Crippen molar-refractivity contribution in [2.24, 2.45) is 0 Å². The van der Waals surface area contributed by atoms with Crippen LogP contribution in [-0.2, 0) is 6.18 Å². The first kappa shape index (κ1) is 15.9. The molecule has 0 spiro atoms. The first-order valence-corrected chi connectivity index (χ1v) is 6.40. The van der Waals surface area contributed by atoms with E-state index in [9.17, 15) is 13.2 Å². The van der Waals surface area contributed by atoms with Crippen LogP contribution in [0.1, 0.15) is 5.69 Å². The summed E-state index contributed by atoms with van der Waals surface area (Å²) < 4.78 is 47.4. The molecular formula is C14H14F3N3O2. The Bertz CT molecular complexity index is 586. The maximum absolute atomic E-state index is 12.3. The first-order chi connectivity index (χ1) is 10.5. The first-order valence-electron chi connectivity index (χ1n) is 6.40. The van der Waals surface area contributed by atoms with Crippen molar-refractivity contribution in [2.75, 3.05) is 25.6 Å². The molecule has 118 valence electrons. The van der Waals surface area contributed by atoms with Crippen LogP contribution in [0.4, 0.5) is 19.0 Å². The van der Waals surface area contributed by atoms with E-state index in [0.717, 1.165) is 11.8 Å². The smallest absolute Gasteiger partial charge is 0.435 e. The lowest BCUT2D eigenvalue weighted by Crippen LogP contribution is -2.14. The van der Waals surface area contributed by atoms with Gasteiger partial charge in [0.05, 0.1) is 13.7 Å². The van der Waals surface area contributed by atoms with Gasteiger partial charge < -0.3 is 14.8 Å². The molecule has 0 aliphatic rings. The third kappa shape index (κ3) is 4.51. The maximum atomic E-state index is 12.3. The molecule has 0 aliphatic carbocycles. The van der Waals surface area contributed by atoms with Crippen LogP contribution in [0.5, 0.6) is 11.5 Å². The topological polar surface area (TPSA) is 56.3 Å². The minimum absolute atomic E-state index is 0.256. The second-order valence-electron chi connectivity index (χ2n) is 4.25. The minimum atomic E-state index is -4.48. The molecule has 0 unspecified atom stereocenters. The summed E-state index contributed by atoms with van der Waals surface area (Å²) in [5.74, 6) is 1.65. The number of nitrogens with zero attached hydrogens (tertiary/aromatic N) is 2. The molecule has 0 saturated carbocycles. The van der Waals surface area contributed by atoms with E-state index in [1.807, 2.05) is 0 Å². The number of alkyl halides is 3. The van der Waals surface area contributed by atoms with Crippen molar-refractivity contribution in [3.8, 4) is 11.5 Å². The van der Waals surface area contributed by atoms with E-state index in [4.69, 9.17) is 9.47 Å². The molecule has 2 aromatic rings. The zero-order chi connectivity index (χ0) is 16.0. The Labute approximate surface area is 125 Å². The number of hydrogen-bond acceptors (Lipinski definition) is 5. The van der Waals surface area contributed by atoms with Crippen molar-refractivity contribution in [3.05, 3.63) is 42.1 Å². The lowest BCUT2D eigenvalue weighted by atomic mass is 10.3. The van der Waals surface area contributed by atoms with E-state index in [2.05, 4.69) is 15.5 Å². The van der Waals surface area contributed by atoms with E-state index in [1.165, 1.54) is 6.07 Å². The van der Waals surface area contributed by atoms with Crippen LogP contribution in [0.15, 0.2) is 36.4 Å². The minimum Gasteiger partial charge on any atom is -0.497 e. The highest BCUT2D eigenvalue weighted by atomic mass is 19.4. The number of halogens is 3. The van der Waals surface area contributed by atoms with Gasteiger partial charge in [0, 0.05) is 0 Å². The lowest BCUT2D eigenvalue weighted by molar-refractivity contribution is -0.141. The number of anilines is 1. The molecule has 0 amide bonds. The zero-order valence-corrected chi connectivity index (χ0v) is 11.7. The molecule has 22 heavy (non-hydrogen) atoms. The number of hydrogen-bond donors (Lipinski definition) is 1. The molecule has 5 nitrogen and oxygen atoms in total. The van der Waals surface area contributed by atoms with Gasteiger partial charge in [0.1, 0.15) is 23.9 Å². The van der Waals surface area contributed by atoms with Crippen molar-refractivity contribution in [2.45, 2.75) is 6.18 Å². The normalized spacial score (nSPS) is 11.1. The van der Waals surface area contributed by atoms with E-state index in [1.54, 1.807) is 31.4 Å². The van der Waals surface area contributed by atoms with Gasteiger partial charge in [-0.05, 0) is 36.4 Å². The Morgan fingerprint density at radius 1 is 1.00 bits per heavy atom. The average molecular weight is 313 g/mol. The molecule has 1 aromatic heterocycles. The fourth-order valence-electron chi connectivity index (χ4n) is 1.60. The molecule has 0 fully saturated rings. The van der Waals surface area contributed by atoms with Gasteiger partial charge in [-0.3, -0.25) is 0 Å². The molecule has 2 rings (SSSR count). The van der Waals surface area contributed by atoms with Crippen LogP contribution in [0.25, 0.3) is 0 Å². The lowest BCUT2D eigenvalue weighted by Gasteiger charge is -2.09. The second kappa shape index (κ2) is 6.97. The molecular weight excluding hydrogens is 299 g/mol. The summed E-state index contributed by atoms with van der Waals surface area (Å²) in [7, 11) is 1.57. The highest BCUT2D eigenvalue weighted by Crippen LogP contribution is 2.27. The van der Waals surface area contributed by atoms with Gasteiger partial charge >= 0.3 is 6.18 Å². The van der Waals surface area contributed by atoms with Crippen molar-refractivity contribution in [1.29, 1.82) is 0 Å². The molecule has 0 radical (unpaired) electrons. The summed E-state index contributed by atoms with van der Waals surface area (Å²) in [6.45, 7) is 0.709. The van der Waals surface area contributed by atoms with E-state index in [0.29, 0.717) is 18.9 Å². The maximum Gasteiger partial charge on any atom is 0.435 e. The standard InChI is InChI=1S/C14H14F3N3O2/c1-21-10-2-4-11(5-3-10)22-9-8-18-13-7-6-12(19-20-13)14(15,16)17/h2-7H,8-9H2,1H3,(H,18,20). The molecule has 0 atom stereocenters. The molecule has 8 heteroatoms. The van der Waals surface area contributed by atoms with Crippen LogP contribution in [0.3, 0.4) is 0 Å². The monoisotopic (exact) mass is 313 g/mol. The van der Waals surface area contributed by atoms with Gasteiger partial charge in [-0.2, -0.15) is 13.2 Å². The Kier molecular flexibility index (Phi) is 5.03. The highest BCUT2D eigenvalue weighted by Gasteiger charge is 2.32. The van der Waals surface area contributed by atoms with Crippen molar-refractivity contribution in [3.63, 3.8) is 0 Å². The van der Waals surface area contributed by atoms with Gasteiger partial charge in [-0.25, -0.2) is 0 Å². The number of ether oxygens (including phenoxy) is 2. The molecule has 0 saturated heterocycles. The Morgan fingerprint density at radius 3 is 2.23 bits per heavy atom. The van der Waals surface area contributed by atoms with Crippen molar-refractivity contribution in [1.82, 2.24) is 10.2 Å². The Hall–Kier alpha value is -2.51. The molecule has 0 bridgehead atoms. The van der Waals surface area contributed by atoms with E-state index in [-0.39, 0.29) is 5.82 Å². The van der Waals surface area contributed by atoms with Crippen LogP contribution in [0, 0.1) is 0 Å². The number of nitrogens with one attached hydrogen (secondary N) is 1. The molecule has 1 heterocycles.